The third-order valence-corrected chi connectivity index (χ3v) is 5.86. The molecule has 2 rings (SSSR count). The summed E-state index contributed by atoms with van der Waals surface area (Å²) in [5, 5.41) is 11.6. The van der Waals surface area contributed by atoms with Gasteiger partial charge in [-0.15, -0.1) is 0 Å². The maximum Gasteiger partial charge on any atom is 0.192 e. The van der Waals surface area contributed by atoms with Gasteiger partial charge in [0.25, 0.3) is 0 Å². The third kappa shape index (κ3) is 5.75. The Balaban J connectivity index is 2.28. The monoisotopic (exact) mass is 415 g/mol. The number of benzene rings is 1. The second kappa shape index (κ2) is 8.39. The van der Waals surface area contributed by atoms with E-state index in [2.05, 4.69) is 41.5 Å². The molecule has 1 heterocycles. The summed E-state index contributed by atoms with van der Waals surface area (Å²) in [6.07, 6.45) is 2.77. The molecule has 0 saturated carbocycles. The molecule has 0 bridgehead atoms. The lowest BCUT2D eigenvalue weighted by Gasteiger charge is -2.28. The molecule has 0 spiro atoms. The Morgan fingerprint density at radius 2 is 1.52 bits per heavy atom. The van der Waals surface area contributed by atoms with Gasteiger partial charge in [0.05, 0.1) is 5.03 Å². The molecule has 0 unspecified atom stereocenters. The van der Waals surface area contributed by atoms with Crippen molar-refractivity contribution in [2.45, 2.75) is 77.2 Å². The number of aromatic nitrogens is 1. The van der Waals surface area contributed by atoms with Gasteiger partial charge in [-0.3, -0.25) is 9.59 Å². The van der Waals surface area contributed by atoms with Crippen molar-refractivity contribution in [2.75, 3.05) is 0 Å². The molecule has 29 heavy (non-hydrogen) atoms. The quantitative estimate of drug-likeness (QED) is 0.497. The summed E-state index contributed by atoms with van der Waals surface area (Å²) in [4.78, 5) is 24.1. The highest BCUT2D eigenvalue weighted by Gasteiger charge is 2.26. The number of phenolic OH excluding ortho intramolecular Hbond substituents is 1. The van der Waals surface area contributed by atoms with Gasteiger partial charge in [0.2, 0.25) is 0 Å². The van der Waals surface area contributed by atoms with Gasteiger partial charge in [-0.2, -0.15) is 0 Å². The summed E-state index contributed by atoms with van der Waals surface area (Å²) >= 11 is 1.13. The fourth-order valence-corrected chi connectivity index (χ4v) is 4.01. The van der Waals surface area contributed by atoms with E-state index in [1.54, 1.807) is 12.3 Å². The lowest BCUT2D eigenvalue weighted by molar-refractivity contribution is -0.109. The predicted molar refractivity (Wildman–Crippen MR) is 120 cm³/mol. The molecule has 0 fully saturated rings. The maximum absolute atomic E-state index is 12.7. The fraction of sp³-hybridized carbons (Fsp3) is 0.500. The number of hydrogen-bond donors (Lipinski definition) is 1. The lowest BCUT2D eigenvalue weighted by atomic mass is 9.78. The maximum atomic E-state index is 12.7. The minimum absolute atomic E-state index is 0.00119. The van der Waals surface area contributed by atoms with E-state index in [0.717, 1.165) is 33.5 Å². The van der Waals surface area contributed by atoms with Crippen LogP contribution in [0.1, 0.15) is 81.9 Å². The summed E-state index contributed by atoms with van der Waals surface area (Å²) in [6.45, 7) is 14.0. The normalized spacial score (nSPS) is 12.3. The Morgan fingerprint density at radius 3 is 1.97 bits per heavy atom. The second-order valence-corrected chi connectivity index (χ2v) is 10.9. The van der Waals surface area contributed by atoms with E-state index in [4.69, 9.17) is 0 Å². The van der Waals surface area contributed by atoms with Crippen molar-refractivity contribution in [3.05, 3.63) is 46.6 Å². The number of thioether (sulfide) groups is 1. The van der Waals surface area contributed by atoms with Gasteiger partial charge in [0.1, 0.15) is 5.75 Å². The summed E-state index contributed by atoms with van der Waals surface area (Å²) in [5.74, 6) is 0.410. The van der Waals surface area contributed by atoms with E-state index in [1.165, 1.54) is 6.92 Å². The molecule has 4 nitrogen and oxygen atoms in total. The van der Waals surface area contributed by atoms with E-state index in [0.29, 0.717) is 24.2 Å². The molecule has 0 aliphatic carbocycles. The molecular formula is C24H33NO3S. The molecule has 1 aromatic carbocycles. The Bertz CT molecular complexity index is 892. The minimum Gasteiger partial charge on any atom is -0.507 e. The first-order valence-electron chi connectivity index (χ1n) is 9.95. The molecule has 0 aliphatic heterocycles. The number of nitrogens with zero attached hydrogens (tertiary/aromatic N) is 1. The average molecular weight is 416 g/mol. The van der Waals surface area contributed by atoms with E-state index in [1.807, 2.05) is 23.7 Å². The van der Waals surface area contributed by atoms with Crippen molar-refractivity contribution < 1.29 is 14.7 Å². The van der Waals surface area contributed by atoms with Crippen molar-refractivity contribution in [3.63, 3.8) is 0 Å². The predicted octanol–water partition coefficient (Wildman–Crippen LogP) is 5.78. The average Bonchev–Trinajstić information content (AvgIpc) is 2.91. The Morgan fingerprint density at radius 1 is 1.00 bits per heavy atom. The van der Waals surface area contributed by atoms with Crippen LogP contribution in [0.3, 0.4) is 0 Å². The van der Waals surface area contributed by atoms with Crippen molar-refractivity contribution >= 4 is 22.7 Å². The van der Waals surface area contributed by atoms with Gasteiger partial charge >= 0.3 is 0 Å². The van der Waals surface area contributed by atoms with Gasteiger partial charge in [-0.05, 0) is 51.8 Å². The number of rotatable bonds is 5. The number of hydrogen-bond acceptors (Lipinski definition) is 4. The molecular weight excluding hydrogens is 382 g/mol. The number of phenols is 1. The Hall–Kier alpha value is -2.01. The highest BCUT2D eigenvalue weighted by molar-refractivity contribution is 8.13. The Labute approximate surface area is 178 Å². The Kier molecular flexibility index (Phi) is 6.73. The van der Waals surface area contributed by atoms with E-state index in [-0.39, 0.29) is 21.7 Å². The smallest absolute Gasteiger partial charge is 0.192 e. The van der Waals surface area contributed by atoms with E-state index < -0.39 is 0 Å². The van der Waals surface area contributed by atoms with Gasteiger partial charge in [-0.25, -0.2) is 0 Å². The van der Waals surface area contributed by atoms with Crippen LogP contribution < -0.4 is 0 Å². The molecule has 0 saturated heterocycles. The highest BCUT2D eigenvalue weighted by atomic mass is 32.2. The number of carbonyl (C=O) groups is 2. The number of ketones is 1. The number of carbonyl (C=O) groups excluding carboxylic acids is 2. The second-order valence-electron chi connectivity index (χ2n) is 9.73. The van der Waals surface area contributed by atoms with Crippen molar-refractivity contribution in [2.24, 2.45) is 7.05 Å². The summed E-state index contributed by atoms with van der Waals surface area (Å²) in [7, 11) is 1.84. The zero-order valence-electron chi connectivity index (χ0n) is 18.8. The van der Waals surface area contributed by atoms with Crippen LogP contribution in [-0.2, 0) is 29.1 Å². The molecule has 1 N–H and O–H groups in total. The van der Waals surface area contributed by atoms with Gasteiger partial charge in [0.15, 0.2) is 10.9 Å². The van der Waals surface area contributed by atoms with Crippen LogP contribution >= 0.6 is 11.8 Å². The van der Waals surface area contributed by atoms with Crippen LogP contribution in [0, 0.1) is 0 Å². The third-order valence-electron chi connectivity index (χ3n) is 4.96. The zero-order chi connectivity index (χ0) is 22.1. The van der Waals surface area contributed by atoms with E-state index in [9.17, 15) is 14.7 Å². The van der Waals surface area contributed by atoms with Crippen molar-refractivity contribution in [1.82, 2.24) is 4.57 Å². The minimum atomic E-state index is -0.192. The van der Waals surface area contributed by atoms with Crippen LogP contribution in [-0.4, -0.2) is 20.6 Å². The first-order valence-corrected chi connectivity index (χ1v) is 10.8. The molecule has 5 heteroatoms. The van der Waals surface area contributed by atoms with Crippen LogP contribution in [0.5, 0.6) is 5.75 Å². The van der Waals surface area contributed by atoms with Gasteiger partial charge in [0, 0.05) is 32.2 Å². The SMILES string of the molecule is CC(=O)Sc1cc(C(=O)CCc2cc(C(C)(C)C)c(O)c(C(C)(C)C)c2)cn1C. The molecule has 2 aromatic rings. The van der Waals surface area contributed by atoms with Crippen LogP contribution in [0.25, 0.3) is 0 Å². The van der Waals surface area contributed by atoms with Gasteiger partial charge < -0.3 is 9.67 Å². The summed E-state index contributed by atoms with van der Waals surface area (Å²) in [6, 6.07) is 5.84. The van der Waals surface area contributed by atoms with Crippen LogP contribution in [0.2, 0.25) is 0 Å². The molecule has 1 aromatic heterocycles. The standard InChI is InChI=1S/C24H33NO3S/c1-15(26)29-21-13-17(14-25(21)8)20(27)10-9-16-11-18(23(2,3)4)22(28)19(12-16)24(5,6)7/h11-14,28H,9-10H2,1-8H3. The van der Waals surface area contributed by atoms with Crippen LogP contribution in [0.15, 0.2) is 29.4 Å². The zero-order valence-corrected chi connectivity index (χ0v) is 19.7. The fourth-order valence-electron chi connectivity index (χ4n) is 3.33. The topological polar surface area (TPSA) is 59.3 Å². The molecule has 158 valence electrons. The summed E-state index contributed by atoms with van der Waals surface area (Å²) < 4.78 is 1.81. The van der Waals surface area contributed by atoms with Crippen molar-refractivity contribution in [3.8, 4) is 5.75 Å². The largest absolute Gasteiger partial charge is 0.507 e. The molecule has 0 aliphatic rings. The molecule has 0 atom stereocenters. The number of aromatic hydroxyl groups is 1. The highest BCUT2D eigenvalue weighted by Crippen LogP contribution is 2.40. The first-order chi connectivity index (χ1) is 13.2. The van der Waals surface area contributed by atoms with E-state index >= 15 is 0 Å². The lowest BCUT2D eigenvalue weighted by Crippen LogP contribution is -2.18. The number of aryl methyl sites for hydroxylation is 2. The summed E-state index contributed by atoms with van der Waals surface area (Å²) in [5.41, 5.74) is 3.12. The first kappa shape index (κ1) is 23.3. The molecule has 0 radical (unpaired) electrons. The van der Waals surface area contributed by atoms with Crippen molar-refractivity contribution in [1.29, 1.82) is 0 Å². The number of Topliss-reactive ketones (excluding diaryl/α,β-unsaturated/α-hetero) is 1. The van der Waals surface area contributed by atoms with Gasteiger partial charge in [-0.1, -0.05) is 53.7 Å². The molecule has 0 amide bonds. The van der Waals surface area contributed by atoms with Crippen LogP contribution in [0.4, 0.5) is 0 Å².